The molecule has 6 aliphatic heterocycles. The van der Waals surface area contributed by atoms with Crippen LogP contribution in [0.4, 0.5) is 0 Å². The molecule has 7 fully saturated rings. The molecule has 5 heteroatoms. The zero-order valence-corrected chi connectivity index (χ0v) is 15.4. The summed E-state index contributed by atoms with van der Waals surface area (Å²) in [6.45, 7) is 0. The lowest BCUT2D eigenvalue weighted by atomic mass is 9.59. The molecule has 2 aliphatic carbocycles. The highest BCUT2D eigenvalue weighted by Gasteiger charge is 2.75. The van der Waals surface area contributed by atoms with Gasteiger partial charge in [0.05, 0.1) is 42.5 Å². The number of esters is 1. The van der Waals surface area contributed by atoms with Gasteiger partial charge in [0.15, 0.2) is 0 Å². The van der Waals surface area contributed by atoms with Crippen LogP contribution >= 0.6 is 0 Å². The predicted molar refractivity (Wildman–Crippen MR) is 92.6 cm³/mol. The largest absolute Gasteiger partial charge is 0.459 e. The Morgan fingerprint density at radius 3 is 2.33 bits per heavy atom. The molecule has 8 aliphatic rings. The van der Waals surface area contributed by atoms with Gasteiger partial charge in [0, 0.05) is 23.7 Å². The van der Waals surface area contributed by atoms with Crippen LogP contribution in [0.25, 0.3) is 0 Å². The lowest BCUT2D eigenvalue weighted by molar-refractivity contribution is -0.167. The number of hydrogen-bond acceptors (Lipinski definition) is 5. The van der Waals surface area contributed by atoms with Crippen LogP contribution in [0.2, 0.25) is 0 Å². The number of carbonyl (C=O) groups is 1. The predicted octanol–water partition coefficient (Wildman–Crippen LogP) is 2.23. The molecule has 0 spiro atoms. The second-order valence-electron chi connectivity index (χ2n) is 10.6. The van der Waals surface area contributed by atoms with Gasteiger partial charge in [0.25, 0.3) is 0 Å². The lowest BCUT2D eigenvalue weighted by Crippen LogP contribution is -2.51. The summed E-state index contributed by atoms with van der Waals surface area (Å²) in [6.07, 6.45) is 12.1. The van der Waals surface area contributed by atoms with Crippen molar-refractivity contribution in [2.75, 3.05) is 0 Å². The number of hydrogen-bond donors (Lipinski definition) is 0. The van der Waals surface area contributed by atoms with Crippen molar-refractivity contribution < 1.29 is 23.7 Å². The summed E-state index contributed by atoms with van der Waals surface area (Å²) in [5.74, 6) is 2.53. The molecule has 0 amide bonds. The molecule has 0 radical (unpaired) electrons. The van der Waals surface area contributed by atoms with Gasteiger partial charge in [0.1, 0.15) is 5.60 Å². The third-order valence-corrected chi connectivity index (χ3v) is 9.60. The van der Waals surface area contributed by atoms with Crippen molar-refractivity contribution >= 4 is 5.97 Å². The fourth-order valence-corrected chi connectivity index (χ4v) is 8.68. The molecule has 27 heavy (non-hydrogen) atoms. The van der Waals surface area contributed by atoms with Crippen molar-refractivity contribution in [3.8, 4) is 0 Å². The zero-order valence-electron chi connectivity index (χ0n) is 15.4. The molecule has 0 aromatic heterocycles. The van der Waals surface area contributed by atoms with Gasteiger partial charge in [-0.2, -0.15) is 0 Å². The Bertz CT molecular complexity index is 754. The molecule has 8 bridgehead atoms. The van der Waals surface area contributed by atoms with E-state index in [9.17, 15) is 4.79 Å². The van der Waals surface area contributed by atoms with Gasteiger partial charge < -0.3 is 18.9 Å². The van der Waals surface area contributed by atoms with Crippen molar-refractivity contribution in [3.05, 3.63) is 12.2 Å². The molecule has 144 valence electrons. The number of rotatable bonds is 2. The van der Waals surface area contributed by atoms with Crippen LogP contribution in [0, 0.1) is 35.5 Å². The number of ether oxygens (including phenoxy) is 4. The third kappa shape index (κ3) is 1.65. The van der Waals surface area contributed by atoms with Crippen LogP contribution in [0.15, 0.2) is 12.2 Å². The summed E-state index contributed by atoms with van der Waals surface area (Å²) in [5.41, 5.74) is -0.136. The Kier molecular flexibility index (Phi) is 2.57. The van der Waals surface area contributed by atoms with E-state index in [0.29, 0.717) is 23.7 Å². The summed E-state index contributed by atoms with van der Waals surface area (Å²) in [6, 6.07) is 0. The Hall–Kier alpha value is -0.910. The van der Waals surface area contributed by atoms with Crippen molar-refractivity contribution in [1.82, 2.24) is 0 Å². The monoisotopic (exact) mass is 370 g/mol. The average Bonchev–Trinajstić information content (AvgIpc) is 3.51. The molecule has 0 aromatic rings. The zero-order chi connectivity index (χ0) is 17.5. The fourth-order valence-electron chi connectivity index (χ4n) is 8.68. The van der Waals surface area contributed by atoms with Crippen molar-refractivity contribution in [1.29, 1.82) is 0 Å². The first-order chi connectivity index (χ1) is 13.2. The van der Waals surface area contributed by atoms with Gasteiger partial charge in [-0.3, -0.25) is 4.79 Å². The van der Waals surface area contributed by atoms with Gasteiger partial charge in [-0.25, -0.2) is 0 Å². The summed E-state index contributed by atoms with van der Waals surface area (Å²) in [7, 11) is 0. The first-order valence-electron chi connectivity index (χ1n) is 11.1. The molecule has 5 nitrogen and oxygen atoms in total. The van der Waals surface area contributed by atoms with E-state index in [1.807, 2.05) is 0 Å². The maximum Gasteiger partial charge on any atom is 0.312 e. The van der Waals surface area contributed by atoms with E-state index < -0.39 is 0 Å². The number of carbonyl (C=O) groups excluding carboxylic acids is 1. The molecule has 11 atom stereocenters. The van der Waals surface area contributed by atoms with Gasteiger partial charge in [-0.1, -0.05) is 12.2 Å². The molecular formula is C22H26O5. The minimum absolute atomic E-state index is 0.00144. The van der Waals surface area contributed by atoms with E-state index in [0.717, 1.165) is 31.6 Å². The number of fused-ring (bicyclic) bond motifs is 18. The van der Waals surface area contributed by atoms with Crippen molar-refractivity contribution in [3.63, 3.8) is 0 Å². The summed E-state index contributed by atoms with van der Waals surface area (Å²) in [4.78, 5) is 13.1. The second-order valence-corrected chi connectivity index (χ2v) is 10.6. The highest BCUT2D eigenvalue weighted by molar-refractivity contribution is 5.74. The van der Waals surface area contributed by atoms with Crippen molar-refractivity contribution in [2.24, 2.45) is 35.5 Å². The van der Waals surface area contributed by atoms with Crippen LogP contribution in [-0.2, 0) is 23.7 Å². The van der Waals surface area contributed by atoms with Crippen LogP contribution in [0.1, 0.15) is 38.5 Å². The highest BCUT2D eigenvalue weighted by atomic mass is 16.6. The van der Waals surface area contributed by atoms with Crippen LogP contribution < -0.4 is 0 Å². The summed E-state index contributed by atoms with van der Waals surface area (Å²) < 4.78 is 25.3. The van der Waals surface area contributed by atoms with E-state index in [4.69, 9.17) is 18.9 Å². The SMILES string of the molecule is O=C(OC12CCC(CC1)C2)C1CC2OC1C1C3OC(C4C5C=CC(O5)C34)C21. The molecule has 11 unspecified atom stereocenters. The first kappa shape index (κ1) is 15.0. The van der Waals surface area contributed by atoms with E-state index in [1.54, 1.807) is 0 Å². The molecule has 0 aromatic carbocycles. The van der Waals surface area contributed by atoms with Crippen molar-refractivity contribution in [2.45, 2.75) is 80.7 Å². The molecule has 8 rings (SSSR count). The van der Waals surface area contributed by atoms with E-state index >= 15 is 0 Å². The maximum absolute atomic E-state index is 13.1. The molecule has 0 N–H and O–H groups in total. The normalized spacial score (nSPS) is 65.3. The molecule has 5 saturated heterocycles. The lowest BCUT2D eigenvalue weighted by Gasteiger charge is -2.39. The highest BCUT2D eigenvalue weighted by Crippen LogP contribution is 2.66. The molecule has 2 saturated carbocycles. The third-order valence-electron chi connectivity index (χ3n) is 9.60. The van der Waals surface area contributed by atoms with Gasteiger partial charge in [-0.05, 0) is 44.4 Å². The molecular weight excluding hydrogens is 344 g/mol. The Morgan fingerprint density at radius 1 is 0.889 bits per heavy atom. The van der Waals surface area contributed by atoms with E-state index in [2.05, 4.69) is 12.2 Å². The van der Waals surface area contributed by atoms with Gasteiger partial charge in [0.2, 0.25) is 0 Å². The summed E-state index contributed by atoms with van der Waals surface area (Å²) in [5, 5.41) is 0. The van der Waals surface area contributed by atoms with Gasteiger partial charge >= 0.3 is 5.97 Å². The Labute approximate surface area is 158 Å². The topological polar surface area (TPSA) is 54.0 Å². The quantitative estimate of drug-likeness (QED) is 0.551. The van der Waals surface area contributed by atoms with Crippen LogP contribution in [0.3, 0.4) is 0 Å². The maximum atomic E-state index is 13.1. The van der Waals surface area contributed by atoms with Gasteiger partial charge in [-0.15, -0.1) is 0 Å². The first-order valence-corrected chi connectivity index (χ1v) is 11.1. The Morgan fingerprint density at radius 2 is 1.63 bits per heavy atom. The smallest absolute Gasteiger partial charge is 0.312 e. The minimum Gasteiger partial charge on any atom is -0.459 e. The Balaban J connectivity index is 1.07. The fraction of sp³-hybridized carbons (Fsp3) is 0.864. The minimum atomic E-state index is -0.136. The van der Waals surface area contributed by atoms with Crippen LogP contribution in [0.5, 0.6) is 0 Å². The van der Waals surface area contributed by atoms with E-state index in [1.165, 1.54) is 12.8 Å². The van der Waals surface area contributed by atoms with E-state index in [-0.39, 0.29) is 54.1 Å². The molecule has 6 heterocycles. The standard InChI is InChI=1S/C22H26O5/c23-21(27-22-5-3-9(8-22)4-6-22)10-7-13-16-17(18(10)25-13)20-15-12-2-1-11(24-12)14(15)19(16)26-20/h1-2,9-20H,3-8H2. The average molecular weight is 370 g/mol. The van der Waals surface area contributed by atoms with Crippen LogP contribution in [-0.4, -0.2) is 48.2 Å². The second kappa shape index (κ2) is 4.63. The summed E-state index contributed by atoms with van der Waals surface area (Å²) >= 11 is 0.